The summed E-state index contributed by atoms with van der Waals surface area (Å²) >= 11 is 7.82. The molecule has 5 nitrogen and oxygen atoms in total. The molecule has 1 fully saturated rings. The third-order valence-corrected chi connectivity index (χ3v) is 6.78. The number of thiophene rings is 1. The van der Waals surface area contributed by atoms with Crippen LogP contribution in [0, 0.1) is 0 Å². The average molecular weight is 564 g/mol. The van der Waals surface area contributed by atoms with Crippen molar-refractivity contribution in [3.05, 3.63) is 57.2 Å². The molecule has 1 aromatic carbocycles. The molecule has 1 aliphatic rings. The second-order valence-corrected chi connectivity index (χ2v) is 9.09. The second kappa shape index (κ2) is 11.7. The third kappa shape index (κ3) is 6.56. The first kappa shape index (κ1) is 25.4. The Labute approximate surface area is 205 Å². The highest BCUT2D eigenvalue weighted by Gasteiger charge is 2.35. The average Bonchev–Trinajstić information content (AvgIpc) is 3.27. The molecule has 1 atom stereocenters. The van der Waals surface area contributed by atoms with Crippen molar-refractivity contribution in [1.82, 2.24) is 10.6 Å². The number of ether oxygens (including phenoxy) is 1. The topological polar surface area (TPSA) is 65.9 Å². The zero-order valence-corrected chi connectivity index (χ0v) is 21.4. The molecule has 1 unspecified atom stereocenters. The van der Waals surface area contributed by atoms with Crippen LogP contribution in [0.5, 0.6) is 0 Å². The number of rotatable bonds is 7. The lowest BCUT2D eigenvalue weighted by Crippen LogP contribution is -2.48. The zero-order valence-electron chi connectivity index (χ0n) is 17.5. The molecule has 1 saturated heterocycles. The van der Waals surface area contributed by atoms with Gasteiger partial charge >= 0.3 is 0 Å². The summed E-state index contributed by atoms with van der Waals surface area (Å²) in [7, 11) is 0. The first-order valence-electron chi connectivity index (χ1n) is 10.1. The van der Waals surface area contributed by atoms with Crippen LogP contribution >= 0.6 is 46.9 Å². The smallest absolute Gasteiger partial charge is 0.191 e. The Hall–Kier alpha value is -0.870. The molecule has 1 aliphatic heterocycles. The molecule has 1 aromatic heterocycles. The predicted molar refractivity (Wildman–Crippen MR) is 136 cm³/mol. The van der Waals surface area contributed by atoms with Gasteiger partial charge in [0.2, 0.25) is 0 Å². The highest BCUT2D eigenvalue weighted by molar-refractivity contribution is 14.0. The monoisotopic (exact) mass is 563 g/mol. The van der Waals surface area contributed by atoms with Crippen molar-refractivity contribution in [2.45, 2.75) is 37.7 Å². The van der Waals surface area contributed by atoms with Gasteiger partial charge in [-0.25, -0.2) is 4.99 Å². The number of nitrogens with one attached hydrogen (secondary N) is 2. The van der Waals surface area contributed by atoms with Gasteiger partial charge in [0.1, 0.15) is 5.60 Å². The normalized spacial score (nSPS) is 18.2. The molecule has 0 amide bonds. The number of hydrogen-bond acceptors (Lipinski definition) is 4. The Bertz CT molecular complexity index is 808. The Morgan fingerprint density at radius 2 is 2.03 bits per heavy atom. The van der Waals surface area contributed by atoms with E-state index >= 15 is 0 Å². The highest BCUT2D eigenvalue weighted by Crippen LogP contribution is 2.35. The van der Waals surface area contributed by atoms with Crippen LogP contribution in [-0.2, 0) is 15.8 Å². The lowest BCUT2D eigenvalue weighted by molar-refractivity contribution is 0.0513. The Morgan fingerprint density at radius 3 is 2.67 bits per heavy atom. The maximum atomic E-state index is 10.8. The number of hydrogen-bond donors (Lipinski definition) is 3. The van der Waals surface area contributed by atoms with E-state index in [0.717, 1.165) is 49.0 Å². The molecular formula is C22H31ClIN3O2S. The summed E-state index contributed by atoms with van der Waals surface area (Å²) in [4.78, 5) is 5.58. The van der Waals surface area contributed by atoms with Gasteiger partial charge in [0.25, 0.3) is 0 Å². The molecule has 3 N–H and O–H groups in total. The molecule has 2 heterocycles. The van der Waals surface area contributed by atoms with E-state index in [9.17, 15) is 5.11 Å². The molecule has 0 radical (unpaired) electrons. The summed E-state index contributed by atoms with van der Waals surface area (Å²) in [5.74, 6) is 0.706. The number of aliphatic hydroxyl groups is 1. The van der Waals surface area contributed by atoms with E-state index in [1.54, 1.807) is 18.3 Å². The standard InChI is InChI=1S/C22H30ClN3O2S.HI/c1-3-24-20(25-15-21(2,27)19-8-5-13-29-19)26-16-22(9-11-28-12-10-22)17-6-4-7-18(23)14-17;/h4-8,13-14,27H,3,9-12,15-16H2,1-2H3,(H2,24,25,26);1H. The van der Waals surface area contributed by atoms with Crippen molar-refractivity contribution in [3.63, 3.8) is 0 Å². The summed E-state index contributed by atoms with van der Waals surface area (Å²) in [6, 6.07) is 12.0. The largest absolute Gasteiger partial charge is 0.383 e. The summed E-state index contributed by atoms with van der Waals surface area (Å²) in [5.41, 5.74) is 0.178. The molecule has 0 saturated carbocycles. The van der Waals surface area contributed by atoms with Gasteiger partial charge in [-0.15, -0.1) is 35.3 Å². The molecule has 3 rings (SSSR count). The van der Waals surface area contributed by atoms with Gasteiger partial charge in [-0.1, -0.05) is 29.8 Å². The van der Waals surface area contributed by atoms with Crippen molar-refractivity contribution in [2.75, 3.05) is 32.8 Å². The van der Waals surface area contributed by atoms with Gasteiger partial charge in [-0.2, -0.15) is 0 Å². The van der Waals surface area contributed by atoms with Crippen LogP contribution in [0.3, 0.4) is 0 Å². The van der Waals surface area contributed by atoms with Gasteiger partial charge in [-0.3, -0.25) is 0 Å². The van der Waals surface area contributed by atoms with Gasteiger partial charge < -0.3 is 20.5 Å². The molecule has 30 heavy (non-hydrogen) atoms. The molecule has 0 bridgehead atoms. The number of guanidine groups is 1. The fraction of sp³-hybridized carbons (Fsp3) is 0.500. The van der Waals surface area contributed by atoms with Crippen LogP contribution in [0.1, 0.15) is 37.1 Å². The number of aliphatic imine (C=N–C) groups is 1. The lowest BCUT2D eigenvalue weighted by Gasteiger charge is -2.38. The quantitative estimate of drug-likeness (QED) is 0.263. The SMILES string of the molecule is CCNC(=NCC(C)(O)c1cccs1)NCC1(c2cccc(Cl)c2)CCOCC1.I. The first-order chi connectivity index (χ1) is 14.0. The minimum Gasteiger partial charge on any atom is -0.383 e. The number of benzene rings is 1. The van der Waals surface area contributed by atoms with E-state index < -0.39 is 5.60 Å². The molecule has 8 heteroatoms. The van der Waals surface area contributed by atoms with Gasteiger partial charge in [0, 0.05) is 41.6 Å². The molecule has 2 aromatic rings. The third-order valence-electron chi connectivity index (χ3n) is 5.42. The maximum absolute atomic E-state index is 10.8. The van der Waals surface area contributed by atoms with Crippen molar-refractivity contribution in [1.29, 1.82) is 0 Å². The highest BCUT2D eigenvalue weighted by atomic mass is 127. The number of nitrogens with zero attached hydrogens (tertiary/aromatic N) is 1. The van der Waals surface area contributed by atoms with Crippen molar-refractivity contribution in [3.8, 4) is 0 Å². The van der Waals surface area contributed by atoms with Gasteiger partial charge in [-0.05, 0) is 55.8 Å². The van der Waals surface area contributed by atoms with Crippen LogP contribution in [0.2, 0.25) is 5.02 Å². The van der Waals surface area contributed by atoms with Crippen molar-refractivity contribution >= 4 is 52.9 Å². The minimum atomic E-state index is -0.986. The Morgan fingerprint density at radius 1 is 1.27 bits per heavy atom. The van der Waals surface area contributed by atoms with Crippen molar-refractivity contribution in [2.24, 2.45) is 4.99 Å². The van der Waals surface area contributed by atoms with Crippen LogP contribution in [-0.4, -0.2) is 43.9 Å². The summed E-state index contributed by atoms with van der Waals surface area (Å²) in [5, 5.41) is 20.3. The minimum absolute atomic E-state index is 0. The molecule has 0 aliphatic carbocycles. The van der Waals surface area contributed by atoms with Gasteiger partial charge in [0.15, 0.2) is 5.96 Å². The Balaban J connectivity index is 0.00000320. The summed E-state index contributed by atoms with van der Waals surface area (Å²) < 4.78 is 5.63. The maximum Gasteiger partial charge on any atom is 0.191 e. The van der Waals surface area contributed by atoms with E-state index in [1.165, 1.54) is 5.56 Å². The van der Waals surface area contributed by atoms with Crippen LogP contribution in [0.15, 0.2) is 46.8 Å². The Kier molecular flexibility index (Phi) is 9.87. The zero-order chi connectivity index (χ0) is 20.7. The van der Waals surface area contributed by atoms with E-state index in [2.05, 4.69) is 27.8 Å². The molecule has 166 valence electrons. The van der Waals surface area contributed by atoms with Gasteiger partial charge in [0.05, 0.1) is 6.54 Å². The second-order valence-electron chi connectivity index (χ2n) is 7.70. The van der Waals surface area contributed by atoms with E-state index in [0.29, 0.717) is 5.96 Å². The van der Waals surface area contributed by atoms with Crippen LogP contribution in [0.25, 0.3) is 0 Å². The fourth-order valence-electron chi connectivity index (χ4n) is 3.64. The summed E-state index contributed by atoms with van der Waals surface area (Å²) in [6.07, 6.45) is 1.85. The molecular weight excluding hydrogens is 533 g/mol. The lowest BCUT2D eigenvalue weighted by atomic mass is 9.74. The van der Waals surface area contributed by atoms with E-state index in [-0.39, 0.29) is 35.9 Å². The molecule has 0 spiro atoms. The first-order valence-corrected chi connectivity index (χ1v) is 11.3. The van der Waals surface area contributed by atoms with E-state index in [4.69, 9.17) is 16.3 Å². The van der Waals surface area contributed by atoms with Crippen LogP contribution < -0.4 is 10.6 Å². The predicted octanol–water partition coefficient (Wildman–Crippen LogP) is 4.53. The van der Waals surface area contributed by atoms with Crippen molar-refractivity contribution < 1.29 is 9.84 Å². The van der Waals surface area contributed by atoms with E-state index in [1.807, 2.05) is 36.6 Å². The van der Waals surface area contributed by atoms with Crippen LogP contribution in [0.4, 0.5) is 0 Å². The fourth-order valence-corrected chi connectivity index (χ4v) is 4.61. The summed E-state index contributed by atoms with van der Waals surface area (Å²) in [6.45, 7) is 7.07. The number of halogens is 2.